The molecule has 1 N–H and O–H groups in total. The Morgan fingerprint density at radius 2 is 2.00 bits per heavy atom. The summed E-state index contributed by atoms with van der Waals surface area (Å²) in [4.78, 5) is 11.8. The van der Waals surface area contributed by atoms with Gasteiger partial charge in [-0.1, -0.05) is 36.8 Å². The molecule has 0 aromatic heterocycles. The van der Waals surface area contributed by atoms with Crippen molar-refractivity contribution in [2.75, 3.05) is 13.2 Å². The molecule has 3 rings (SSSR count). The van der Waals surface area contributed by atoms with Crippen LogP contribution in [-0.4, -0.2) is 30.9 Å². The summed E-state index contributed by atoms with van der Waals surface area (Å²) in [6, 6.07) is 9.78. The zero-order valence-electron chi connectivity index (χ0n) is 12.8. The van der Waals surface area contributed by atoms with Crippen LogP contribution in [0.5, 0.6) is 0 Å². The molecule has 1 spiro atoms. The highest BCUT2D eigenvalue weighted by molar-refractivity contribution is 5.91. The molecule has 1 aliphatic carbocycles. The lowest BCUT2D eigenvalue weighted by molar-refractivity contribution is -0.186. The summed E-state index contributed by atoms with van der Waals surface area (Å²) in [5, 5.41) is 2.89. The minimum atomic E-state index is -0.368. The van der Waals surface area contributed by atoms with Gasteiger partial charge in [-0.15, -0.1) is 0 Å². The molecule has 0 bridgehead atoms. The fraction of sp³-hybridized carbons (Fsp3) is 0.500. The van der Waals surface area contributed by atoms with E-state index in [2.05, 4.69) is 5.32 Å². The van der Waals surface area contributed by atoms with Gasteiger partial charge < -0.3 is 14.8 Å². The first-order chi connectivity index (χ1) is 10.8. The quantitative estimate of drug-likeness (QED) is 0.870. The first-order valence-electron chi connectivity index (χ1n) is 8.09. The van der Waals surface area contributed by atoms with Crippen molar-refractivity contribution >= 4 is 12.0 Å². The fourth-order valence-corrected chi connectivity index (χ4v) is 3.08. The van der Waals surface area contributed by atoms with E-state index in [1.165, 1.54) is 19.3 Å². The second-order valence-electron chi connectivity index (χ2n) is 6.01. The largest absolute Gasteiger partial charge is 0.350 e. The third-order valence-corrected chi connectivity index (χ3v) is 4.26. The van der Waals surface area contributed by atoms with Crippen molar-refractivity contribution in [2.24, 2.45) is 0 Å². The highest BCUT2D eigenvalue weighted by Gasteiger charge is 2.42. The SMILES string of the molecule is O=C(/C=C/c1ccccc1)NC[C@H]1COC2(CCCCC2)O1. The maximum Gasteiger partial charge on any atom is 0.244 e. The summed E-state index contributed by atoms with van der Waals surface area (Å²) in [6.45, 7) is 1.07. The summed E-state index contributed by atoms with van der Waals surface area (Å²) < 4.78 is 11.9. The van der Waals surface area contributed by atoms with Crippen LogP contribution in [0.4, 0.5) is 0 Å². The highest BCUT2D eigenvalue weighted by atomic mass is 16.7. The van der Waals surface area contributed by atoms with Crippen LogP contribution in [0.2, 0.25) is 0 Å². The van der Waals surface area contributed by atoms with Crippen LogP contribution in [0.1, 0.15) is 37.7 Å². The van der Waals surface area contributed by atoms with Crippen molar-refractivity contribution in [2.45, 2.75) is 44.0 Å². The van der Waals surface area contributed by atoms with E-state index >= 15 is 0 Å². The second kappa shape index (κ2) is 7.07. The average Bonchev–Trinajstić information content (AvgIpc) is 2.95. The zero-order chi connectivity index (χ0) is 15.3. The van der Waals surface area contributed by atoms with Crippen LogP contribution < -0.4 is 5.32 Å². The Morgan fingerprint density at radius 1 is 1.23 bits per heavy atom. The molecule has 1 aromatic carbocycles. The molecule has 1 heterocycles. The molecule has 1 saturated heterocycles. The van der Waals surface area contributed by atoms with Crippen molar-refractivity contribution in [3.63, 3.8) is 0 Å². The molecule has 1 saturated carbocycles. The second-order valence-corrected chi connectivity index (χ2v) is 6.01. The number of amides is 1. The van der Waals surface area contributed by atoms with Gasteiger partial charge in [-0.3, -0.25) is 4.79 Å². The number of rotatable bonds is 4. The van der Waals surface area contributed by atoms with Gasteiger partial charge in [0.15, 0.2) is 5.79 Å². The van der Waals surface area contributed by atoms with Gasteiger partial charge in [-0.05, 0) is 24.5 Å². The molecule has 1 aromatic rings. The normalized spacial score (nSPS) is 23.9. The molecule has 0 unspecified atom stereocenters. The van der Waals surface area contributed by atoms with E-state index < -0.39 is 0 Å². The number of hydrogen-bond acceptors (Lipinski definition) is 3. The molecule has 1 aliphatic heterocycles. The average molecular weight is 301 g/mol. The zero-order valence-corrected chi connectivity index (χ0v) is 12.8. The van der Waals surface area contributed by atoms with E-state index in [0.29, 0.717) is 13.2 Å². The summed E-state index contributed by atoms with van der Waals surface area (Å²) in [7, 11) is 0. The maximum absolute atomic E-state index is 11.8. The van der Waals surface area contributed by atoms with Gasteiger partial charge in [-0.2, -0.15) is 0 Å². The third-order valence-electron chi connectivity index (χ3n) is 4.26. The Balaban J connectivity index is 1.43. The minimum Gasteiger partial charge on any atom is -0.350 e. The van der Waals surface area contributed by atoms with Crippen LogP contribution in [-0.2, 0) is 14.3 Å². The lowest BCUT2D eigenvalue weighted by atomic mass is 9.94. The van der Waals surface area contributed by atoms with Crippen LogP contribution in [0, 0.1) is 0 Å². The lowest BCUT2D eigenvalue weighted by Crippen LogP contribution is -2.36. The van der Waals surface area contributed by atoms with Crippen LogP contribution in [0.25, 0.3) is 6.08 Å². The van der Waals surface area contributed by atoms with Crippen LogP contribution in [0.15, 0.2) is 36.4 Å². The van der Waals surface area contributed by atoms with Crippen molar-refractivity contribution in [3.05, 3.63) is 42.0 Å². The number of nitrogens with one attached hydrogen (secondary N) is 1. The van der Waals surface area contributed by atoms with Gasteiger partial charge >= 0.3 is 0 Å². The Morgan fingerprint density at radius 3 is 2.77 bits per heavy atom. The van der Waals surface area contributed by atoms with E-state index in [0.717, 1.165) is 18.4 Å². The molecule has 1 atom stereocenters. The van der Waals surface area contributed by atoms with E-state index in [1.54, 1.807) is 6.08 Å². The van der Waals surface area contributed by atoms with Crippen molar-refractivity contribution in [3.8, 4) is 0 Å². The third kappa shape index (κ3) is 3.96. The van der Waals surface area contributed by atoms with Gasteiger partial charge in [0, 0.05) is 25.5 Å². The Kier molecular flexibility index (Phi) is 4.90. The van der Waals surface area contributed by atoms with Gasteiger partial charge in [0.25, 0.3) is 0 Å². The highest BCUT2D eigenvalue weighted by Crippen LogP contribution is 2.37. The number of ether oxygens (including phenoxy) is 2. The summed E-state index contributed by atoms with van der Waals surface area (Å²) >= 11 is 0. The predicted octanol–water partition coefficient (Wildman–Crippen LogP) is 2.89. The summed E-state index contributed by atoms with van der Waals surface area (Å²) in [6.07, 6.45) is 8.88. The maximum atomic E-state index is 11.8. The molecule has 118 valence electrons. The molecule has 0 radical (unpaired) electrons. The van der Waals surface area contributed by atoms with Gasteiger partial charge in [0.2, 0.25) is 5.91 Å². The van der Waals surface area contributed by atoms with Gasteiger partial charge in [-0.25, -0.2) is 0 Å². The number of carbonyl (C=O) groups is 1. The monoisotopic (exact) mass is 301 g/mol. The van der Waals surface area contributed by atoms with E-state index in [9.17, 15) is 4.79 Å². The smallest absolute Gasteiger partial charge is 0.244 e. The van der Waals surface area contributed by atoms with Gasteiger partial charge in [0.1, 0.15) is 6.10 Å². The summed E-state index contributed by atoms with van der Waals surface area (Å²) in [5.74, 6) is -0.467. The molecule has 2 fully saturated rings. The van der Waals surface area contributed by atoms with Crippen molar-refractivity contribution in [1.82, 2.24) is 5.32 Å². The molecule has 4 heteroatoms. The van der Waals surface area contributed by atoms with E-state index in [4.69, 9.17) is 9.47 Å². The van der Waals surface area contributed by atoms with E-state index in [1.807, 2.05) is 36.4 Å². The Hall–Kier alpha value is -1.65. The molecule has 2 aliphatic rings. The molecular formula is C18H23NO3. The van der Waals surface area contributed by atoms with Crippen LogP contribution >= 0.6 is 0 Å². The topological polar surface area (TPSA) is 47.6 Å². The summed E-state index contributed by atoms with van der Waals surface area (Å²) in [5.41, 5.74) is 1.01. The minimum absolute atomic E-state index is 0.0350. The molecule has 1 amide bonds. The predicted molar refractivity (Wildman–Crippen MR) is 85.1 cm³/mol. The molecular weight excluding hydrogens is 278 g/mol. The first-order valence-corrected chi connectivity index (χ1v) is 8.09. The van der Waals surface area contributed by atoms with Crippen LogP contribution in [0.3, 0.4) is 0 Å². The number of hydrogen-bond donors (Lipinski definition) is 1. The number of carbonyl (C=O) groups excluding carboxylic acids is 1. The molecule has 4 nitrogen and oxygen atoms in total. The number of benzene rings is 1. The van der Waals surface area contributed by atoms with E-state index in [-0.39, 0.29) is 17.8 Å². The standard InChI is InChI=1S/C18H23NO3/c20-17(10-9-15-7-3-1-4-8-15)19-13-16-14-21-18(22-16)11-5-2-6-12-18/h1,3-4,7-10,16H,2,5-6,11-14H2,(H,19,20)/b10-9+/t16-/m0/s1. The lowest BCUT2D eigenvalue weighted by Gasteiger charge is -2.31. The Labute approximate surface area is 131 Å². The molecule has 22 heavy (non-hydrogen) atoms. The Bertz CT molecular complexity index is 520. The van der Waals surface area contributed by atoms with Gasteiger partial charge in [0.05, 0.1) is 6.61 Å². The first kappa shape index (κ1) is 15.3. The van der Waals surface area contributed by atoms with Crippen molar-refractivity contribution < 1.29 is 14.3 Å². The fourth-order valence-electron chi connectivity index (χ4n) is 3.08. The van der Waals surface area contributed by atoms with Crippen molar-refractivity contribution in [1.29, 1.82) is 0 Å².